The predicted molar refractivity (Wildman–Crippen MR) is 102 cm³/mol. The van der Waals surface area contributed by atoms with Crippen molar-refractivity contribution in [3.63, 3.8) is 0 Å². The highest BCUT2D eigenvalue weighted by molar-refractivity contribution is 6.33. The summed E-state index contributed by atoms with van der Waals surface area (Å²) < 4.78 is 11.1. The molecule has 0 unspecified atom stereocenters. The highest BCUT2D eigenvalue weighted by Crippen LogP contribution is 2.20. The smallest absolute Gasteiger partial charge is 0.340 e. The van der Waals surface area contributed by atoms with Gasteiger partial charge in [-0.15, -0.1) is 0 Å². The minimum absolute atomic E-state index is 0.0690. The third-order valence-electron chi connectivity index (χ3n) is 3.98. The summed E-state index contributed by atoms with van der Waals surface area (Å²) in [6.45, 7) is 3.17. The van der Waals surface area contributed by atoms with Crippen molar-refractivity contribution in [2.24, 2.45) is 0 Å². The fourth-order valence-electron chi connectivity index (χ4n) is 2.74. The zero-order valence-electron chi connectivity index (χ0n) is 15.3. The van der Waals surface area contributed by atoms with Crippen molar-refractivity contribution < 1.29 is 23.8 Å². The molecule has 0 amide bonds. The number of esters is 1. The molecule has 7 nitrogen and oxygen atoms in total. The number of halogens is 1. The summed E-state index contributed by atoms with van der Waals surface area (Å²) in [5.41, 5.74) is 0.614. The molecule has 0 saturated carbocycles. The van der Waals surface area contributed by atoms with Crippen molar-refractivity contribution in [1.82, 2.24) is 4.98 Å². The number of carbonyl (C=O) groups is 2. The third kappa shape index (κ3) is 3.89. The van der Waals surface area contributed by atoms with Crippen molar-refractivity contribution in [1.29, 1.82) is 0 Å². The molecule has 0 aliphatic carbocycles. The highest BCUT2D eigenvalue weighted by atomic mass is 35.5. The lowest BCUT2D eigenvalue weighted by molar-refractivity contribution is -0.580. The lowest BCUT2D eigenvalue weighted by Crippen LogP contribution is -2.37. The van der Waals surface area contributed by atoms with Crippen molar-refractivity contribution in [3.8, 4) is 5.75 Å². The van der Waals surface area contributed by atoms with Crippen LogP contribution in [0.15, 0.2) is 42.5 Å². The van der Waals surface area contributed by atoms with Crippen molar-refractivity contribution in [3.05, 3.63) is 69.6 Å². The molecule has 3 aromatic rings. The molecule has 28 heavy (non-hydrogen) atoms. The molecule has 0 fully saturated rings. The van der Waals surface area contributed by atoms with E-state index in [1.165, 1.54) is 19.1 Å². The zero-order valence-corrected chi connectivity index (χ0v) is 16.0. The molecule has 0 atom stereocenters. The van der Waals surface area contributed by atoms with E-state index >= 15 is 0 Å². The minimum atomic E-state index is -0.675. The van der Waals surface area contributed by atoms with Crippen LogP contribution in [0.2, 0.25) is 5.02 Å². The summed E-state index contributed by atoms with van der Waals surface area (Å²) in [6.07, 6.45) is 0. The number of benzene rings is 2. The molecular formula is C20H17ClN2O5. The first-order valence-corrected chi connectivity index (χ1v) is 8.91. The van der Waals surface area contributed by atoms with Crippen LogP contribution in [-0.4, -0.2) is 23.3 Å². The molecule has 0 saturated heterocycles. The molecule has 0 radical (unpaired) electrons. The van der Waals surface area contributed by atoms with Gasteiger partial charge < -0.3 is 14.7 Å². The van der Waals surface area contributed by atoms with E-state index in [9.17, 15) is 14.8 Å². The first kappa shape index (κ1) is 19.6. The number of carbonyl (C=O) groups excluding carboxylic acids is 2. The van der Waals surface area contributed by atoms with E-state index in [0.29, 0.717) is 22.6 Å². The van der Waals surface area contributed by atoms with Gasteiger partial charge in [-0.05, 0) is 31.2 Å². The molecule has 3 rings (SSSR count). The predicted octanol–water partition coefficient (Wildman–Crippen LogP) is 3.48. The lowest BCUT2D eigenvalue weighted by atomic mass is 10.2. The number of ketones is 1. The number of rotatable bonds is 6. The summed E-state index contributed by atoms with van der Waals surface area (Å²) in [7, 11) is 0. The Kier molecular flexibility index (Phi) is 5.75. The van der Waals surface area contributed by atoms with Gasteiger partial charge in [-0.3, -0.25) is 4.79 Å². The van der Waals surface area contributed by atoms with E-state index in [0.717, 1.165) is 0 Å². The van der Waals surface area contributed by atoms with Gasteiger partial charge in [0.1, 0.15) is 17.9 Å². The second kappa shape index (κ2) is 8.22. The normalized spacial score (nSPS) is 10.7. The number of ether oxygens (including phenoxy) is 2. The maximum Gasteiger partial charge on any atom is 0.340 e. The number of hydrogen-bond donors (Lipinski definition) is 0. The second-order valence-corrected chi connectivity index (χ2v) is 6.30. The van der Waals surface area contributed by atoms with Crippen LogP contribution in [0.5, 0.6) is 5.75 Å². The summed E-state index contributed by atoms with van der Waals surface area (Å²) in [4.78, 5) is 28.7. The molecule has 0 spiro atoms. The quantitative estimate of drug-likeness (QED) is 0.272. The third-order valence-corrected chi connectivity index (χ3v) is 4.31. The van der Waals surface area contributed by atoms with Crippen molar-refractivity contribution in [2.45, 2.75) is 20.5 Å². The second-order valence-electron chi connectivity index (χ2n) is 5.90. The van der Waals surface area contributed by atoms with E-state index in [1.807, 2.05) is 6.92 Å². The number of fused-ring (bicyclic) bond motifs is 1. The minimum Gasteiger partial charge on any atom is -0.618 e. The first-order chi connectivity index (χ1) is 13.4. The van der Waals surface area contributed by atoms with Gasteiger partial charge in [0.2, 0.25) is 11.3 Å². The largest absolute Gasteiger partial charge is 0.618 e. The Morgan fingerprint density at radius 3 is 2.64 bits per heavy atom. The summed E-state index contributed by atoms with van der Waals surface area (Å²) >= 11 is 5.99. The highest BCUT2D eigenvalue weighted by Gasteiger charge is 2.25. The van der Waals surface area contributed by atoms with Gasteiger partial charge in [0.05, 0.1) is 23.3 Å². The van der Waals surface area contributed by atoms with Crippen LogP contribution in [0.1, 0.15) is 40.4 Å². The molecule has 0 N–H and O–H groups in total. The fraction of sp³-hybridized carbons (Fsp3) is 0.200. The van der Waals surface area contributed by atoms with Crippen LogP contribution < -0.4 is 9.47 Å². The Labute approximate surface area is 166 Å². The molecule has 0 aliphatic rings. The number of hydrogen-bond acceptors (Lipinski definition) is 6. The SMILES string of the molecule is CCOc1ccc2nc(COC(=O)c3ccccc3Cl)c(C(C)=O)[n+]([O-])c2c1. The van der Waals surface area contributed by atoms with Gasteiger partial charge in [-0.2, -0.15) is 4.73 Å². The maximum absolute atomic E-state index is 12.8. The standard InChI is InChI=1S/C20H17ClN2O5/c1-3-27-13-8-9-16-18(10-13)23(26)19(12(2)24)17(22-16)11-28-20(25)14-6-4-5-7-15(14)21/h4-10H,3,11H2,1-2H3. The van der Waals surface area contributed by atoms with Crippen LogP contribution in [0, 0.1) is 5.21 Å². The molecule has 144 valence electrons. The van der Waals surface area contributed by atoms with Crippen LogP contribution in [0.25, 0.3) is 11.0 Å². The molecule has 0 bridgehead atoms. The van der Waals surface area contributed by atoms with Crippen LogP contribution in [0.4, 0.5) is 0 Å². The van der Waals surface area contributed by atoms with Gasteiger partial charge in [0.15, 0.2) is 5.69 Å². The van der Waals surface area contributed by atoms with E-state index in [4.69, 9.17) is 21.1 Å². The van der Waals surface area contributed by atoms with Crippen molar-refractivity contribution >= 4 is 34.4 Å². The molecular weight excluding hydrogens is 384 g/mol. The topological polar surface area (TPSA) is 92.4 Å². The fourth-order valence-corrected chi connectivity index (χ4v) is 2.95. The first-order valence-electron chi connectivity index (χ1n) is 8.54. The molecule has 1 heterocycles. The summed E-state index contributed by atoms with van der Waals surface area (Å²) in [6, 6.07) is 11.2. The molecule has 0 aliphatic heterocycles. The van der Waals surface area contributed by atoms with Gasteiger partial charge in [-0.25, -0.2) is 9.78 Å². The Balaban J connectivity index is 1.97. The van der Waals surface area contributed by atoms with E-state index in [1.54, 1.807) is 30.3 Å². The van der Waals surface area contributed by atoms with E-state index < -0.39 is 11.8 Å². The molecule has 2 aromatic carbocycles. The molecule has 8 heteroatoms. The Morgan fingerprint density at radius 2 is 1.96 bits per heavy atom. The average molecular weight is 401 g/mol. The average Bonchev–Trinajstić information content (AvgIpc) is 2.67. The van der Waals surface area contributed by atoms with Crippen molar-refractivity contribution in [2.75, 3.05) is 6.61 Å². The Bertz CT molecular complexity index is 1070. The van der Waals surface area contributed by atoms with Gasteiger partial charge >= 0.3 is 5.97 Å². The van der Waals surface area contributed by atoms with Crippen LogP contribution in [0.3, 0.4) is 0 Å². The van der Waals surface area contributed by atoms with E-state index in [2.05, 4.69) is 4.98 Å². The van der Waals surface area contributed by atoms with Gasteiger partial charge in [0, 0.05) is 6.92 Å². The maximum atomic E-state index is 12.8. The summed E-state index contributed by atoms with van der Waals surface area (Å²) in [5, 5.41) is 13.0. The van der Waals surface area contributed by atoms with E-state index in [-0.39, 0.29) is 34.1 Å². The number of Topliss-reactive ketones (excluding diaryl/α,β-unsaturated/α-hetero) is 1. The lowest BCUT2D eigenvalue weighted by Gasteiger charge is -2.12. The number of aromatic nitrogens is 2. The zero-order chi connectivity index (χ0) is 20.3. The number of nitrogens with zero attached hydrogens (tertiary/aromatic N) is 2. The molecule has 1 aromatic heterocycles. The summed E-state index contributed by atoms with van der Waals surface area (Å²) in [5.74, 6) is -0.671. The van der Waals surface area contributed by atoms with Crippen LogP contribution in [-0.2, 0) is 11.3 Å². The Morgan fingerprint density at radius 1 is 1.21 bits per heavy atom. The Hall–Kier alpha value is -3.19. The van der Waals surface area contributed by atoms with Gasteiger partial charge in [-0.1, -0.05) is 23.7 Å². The van der Waals surface area contributed by atoms with Gasteiger partial charge in [0.25, 0.3) is 5.69 Å². The monoisotopic (exact) mass is 400 g/mol. The van der Waals surface area contributed by atoms with Crippen LogP contribution >= 0.6 is 11.6 Å².